The molecule has 0 heterocycles. The highest BCUT2D eigenvalue weighted by Crippen LogP contribution is 2.43. The molecule has 0 amide bonds. The minimum absolute atomic E-state index is 0.286. The summed E-state index contributed by atoms with van der Waals surface area (Å²) >= 11 is 0. The predicted octanol–water partition coefficient (Wildman–Crippen LogP) is 3.36. The Balaban J connectivity index is 2.65. The fraction of sp³-hybridized carbons (Fsp3) is 1.00. The standard InChI is InChI=1S/C12H24O2/c1-5-13-12(14-6-2)9-7-8-11(3,4)10-12/h5-10H2,1-4H3. The zero-order valence-electron chi connectivity index (χ0n) is 10.1. The highest BCUT2D eigenvalue weighted by Gasteiger charge is 2.41. The first-order valence-corrected chi connectivity index (χ1v) is 5.81. The van der Waals surface area contributed by atoms with E-state index in [4.69, 9.17) is 9.47 Å². The van der Waals surface area contributed by atoms with E-state index >= 15 is 0 Å². The van der Waals surface area contributed by atoms with E-state index in [2.05, 4.69) is 13.8 Å². The molecule has 1 saturated carbocycles. The molecule has 2 heteroatoms. The smallest absolute Gasteiger partial charge is 0.168 e. The molecule has 1 aliphatic carbocycles. The van der Waals surface area contributed by atoms with E-state index in [-0.39, 0.29) is 5.79 Å². The van der Waals surface area contributed by atoms with Crippen LogP contribution in [0.2, 0.25) is 0 Å². The summed E-state index contributed by atoms with van der Waals surface area (Å²) in [7, 11) is 0. The second kappa shape index (κ2) is 4.63. The van der Waals surface area contributed by atoms with Gasteiger partial charge in [0.1, 0.15) is 0 Å². The lowest BCUT2D eigenvalue weighted by Gasteiger charge is -2.44. The lowest BCUT2D eigenvalue weighted by molar-refractivity contribution is -0.263. The molecule has 0 bridgehead atoms. The molecule has 84 valence electrons. The van der Waals surface area contributed by atoms with Crippen LogP contribution in [0.4, 0.5) is 0 Å². The molecular formula is C12H24O2. The highest BCUT2D eigenvalue weighted by molar-refractivity contribution is 4.86. The van der Waals surface area contributed by atoms with Crippen LogP contribution in [0, 0.1) is 5.41 Å². The van der Waals surface area contributed by atoms with Gasteiger partial charge in [-0.3, -0.25) is 0 Å². The van der Waals surface area contributed by atoms with Crippen molar-refractivity contribution < 1.29 is 9.47 Å². The van der Waals surface area contributed by atoms with Crippen molar-refractivity contribution in [3.05, 3.63) is 0 Å². The Bertz CT molecular complexity index is 164. The molecule has 0 aromatic rings. The molecule has 0 aromatic carbocycles. The molecule has 0 saturated heterocycles. The van der Waals surface area contributed by atoms with Crippen molar-refractivity contribution in [2.45, 2.75) is 59.2 Å². The van der Waals surface area contributed by atoms with E-state index in [1.807, 2.05) is 13.8 Å². The molecular weight excluding hydrogens is 176 g/mol. The monoisotopic (exact) mass is 200 g/mol. The molecule has 0 unspecified atom stereocenters. The fourth-order valence-corrected chi connectivity index (χ4v) is 2.56. The van der Waals surface area contributed by atoms with Gasteiger partial charge in [-0.1, -0.05) is 13.8 Å². The lowest BCUT2D eigenvalue weighted by Crippen LogP contribution is -2.43. The predicted molar refractivity (Wildman–Crippen MR) is 58.2 cm³/mol. The Hall–Kier alpha value is -0.0800. The number of hydrogen-bond acceptors (Lipinski definition) is 2. The topological polar surface area (TPSA) is 18.5 Å². The Morgan fingerprint density at radius 1 is 1.00 bits per heavy atom. The molecule has 0 spiro atoms. The summed E-state index contributed by atoms with van der Waals surface area (Å²) in [6, 6.07) is 0. The van der Waals surface area contributed by atoms with Crippen LogP contribution in [-0.4, -0.2) is 19.0 Å². The van der Waals surface area contributed by atoms with Crippen LogP contribution in [0.15, 0.2) is 0 Å². The summed E-state index contributed by atoms with van der Waals surface area (Å²) in [5, 5.41) is 0. The SMILES string of the molecule is CCOC1(OCC)CCCC(C)(C)C1. The van der Waals surface area contributed by atoms with Crippen molar-refractivity contribution in [2.24, 2.45) is 5.41 Å². The molecule has 1 fully saturated rings. The molecule has 1 rings (SSSR count). The summed E-state index contributed by atoms with van der Waals surface area (Å²) in [5.41, 5.74) is 0.364. The van der Waals surface area contributed by atoms with Gasteiger partial charge < -0.3 is 9.47 Å². The Morgan fingerprint density at radius 2 is 1.57 bits per heavy atom. The molecule has 0 aliphatic heterocycles. The number of hydrogen-bond donors (Lipinski definition) is 0. The average Bonchev–Trinajstić information content (AvgIpc) is 2.02. The van der Waals surface area contributed by atoms with Gasteiger partial charge >= 0.3 is 0 Å². The highest BCUT2D eigenvalue weighted by atomic mass is 16.7. The first kappa shape index (κ1) is 12.0. The summed E-state index contributed by atoms with van der Waals surface area (Å²) in [6.45, 7) is 10.2. The minimum atomic E-state index is -0.286. The third kappa shape index (κ3) is 2.96. The van der Waals surface area contributed by atoms with Gasteiger partial charge in [0.15, 0.2) is 5.79 Å². The van der Waals surface area contributed by atoms with Crippen LogP contribution in [0.5, 0.6) is 0 Å². The number of rotatable bonds is 4. The molecule has 0 radical (unpaired) electrons. The molecule has 0 atom stereocenters. The fourth-order valence-electron chi connectivity index (χ4n) is 2.56. The Morgan fingerprint density at radius 3 is 2.00 bits per heavy atom. The minimum Gasteiger partial charge on any atom is -0.350 e. The van der Waals surface area contributed by atoms with Gasteiger partial charge in [0, 0.05) is 26.1 Å². The normalized spacial score (nSPS) is 24.9. The maximum absolute atomic E-state index is 5.82. The lowest BCUT2D eigenvalue weighted by atomic mass is 9.74. The Labute approximate surface area is 88.0 Å². The molecule has 2 nitrogen and oxygen atoms in total. The average molecular weight is 200 g/mol. The summed E-state index contributed by atoms with van der Waals surface area (Å²) in [4.78, 5) is 0. The zero-order valence-corrected chi connectivity index (χ0v) is 10.1. The molecule has 1 aliphatic rings. The summed E-state index contributed by atoms with van der Waals surface area (Å²) in [5.74, 6) is -0.286. The maximum atomic E-state index is 5.82. The van der Waals surface area contributed by atoms with Crippen LogP contribution < -0.4 is 0 Å². The second-order valence-electron chi connectivity index (χ2n) is 4.97. The third-order valence-electron chi connectivity index (χ3n) is 2.97. The van der Waals surface area contributed by atoms with Crippen LogP contribution in [0.3, 0.4) is 0 Å². The second-order valence-corrected chi connectivity index (χ2v) is 4.97. The van der Waals surface area contributed by atoms with E-state index in [1.54, 1.807) is 0 Å². The van der Waals surface area contributed by atoms with Gasteiger partial charge in [-0.2, -0.15) is 0 Å². The maximum Gasteiger partial charge on any atom is 0.168 e. The summed E-state index contributed by atoms with van der Waals surface area (Å²) < 4.78 is 11.6. The van der Waals surface area contributed by atoms with E-state index in [0.717, 1.165) is 26.1 Å². The van der Waals surface area contributed by atoms with E-state index in [9.17, 15) is 0 Å². The van der Waals surface area contributed by atoms with Gasteiger partial charge in [0.2, 0.25) is 0 Å². The first-order chi connectivity index (χ1) is 6.54. The van der Waals surface area contributed by atoms with Crippen LogP contribution >= 0.6 is 0 Å². The molecule has 14 heavy (non-hydrogen) atoms. The van der Waals surface area contributed by atoms with Crippen molar-refractivity contribution in [3.8, 4) is 0 Å². The first-order valence-electron chi connectivity index (χ1n) is 5.81. The van der Waals surface area contributed by atoms with Gasteiger partial charge in [-0.15, -0.1) is 0 Å². The van der Waals surface area contributed by atoms with Crippen molar-refractivity contribution in [1.29, 1.82) is 0 Å². The van der Waals surface area contributed by atoms with Gasteiger partial charge in [0.05, 0.1) is 0 Å². The quantitative estimate of drug-likeness (QED) is 0.648. The van der Waals surface area contributed by atoms with E-state index in [0.29, 0.717) is 5.41 Å². The van der Waals surface area contributed by atoms with Crippen LogP contribution in [0.1, 0.15) is 53.4 Å². The van der Waals surface area contributed by atoms with Crippen LogP contribution in [-0.2, 0) is 9.47 Å². The molecule has 0 N–H and O–H groups in total. The van der Waals surface area contributed by atoms with E-state index < -0.39 is 0 Å². The van der Waals surface area contributed by atoms with E-state index in [1.165, 1.54) is 12.8 Å². The van der Waals surface area contributed by atoms with Crippen LogP contribution in [0.25, 0.3) is 0 Å². The summed E-state index contributed by atoms with van der Waals surface area (Å²) in [6.07, 6.45) is 4.59. The number of ether oxygens (including phenoxy) is 2. The Kier molecular flexibility index (Phi) is 3.96. The van der Waals surface area contributed by atoms with Gasteiger partial charge in [-0.25, -0.2) is 0 Å². The van der Waals surface area contributed by atoms with Crippen molar-refractivity contribution in [3.63, 3.8) is 0 Å². The van der Waals surface area contributed by atoms with Crippen molar-refractivity contribution in [1.82, 2.24) is 0 Å². The zero-order chi connectivity index (χ0) is 10.7. The largest absolute Gasteiger partial charge is 0.350 e. The van der Waals surface area contributed by atoms with Crippen molar-refractivity contribution in [2.75, 3.05) is 13.2 Å². The van der Waals surface area contributed by atoms with Gasteiger partial charge in [0.25, 0.3) is 0 Å². The van der Waals surface area contributed by atoms with Gasteiger partial charge in [-0.05, 0) is 32.1 Å². The third-order valence-corrected chi connectivity index (χ3v) is 2.97. The van der Waals surface area contributed by atoms with Crippen molar-refractivity contribution >= 4 is 0 Å². The molecule has 0 aromatic heterocycles.